The van der Waals surface area contributed by atoms with Crippen molar-refractivity contribution in [3.05, 3.63) is 30.0 Å². The second-order valence-electron chi connectivity index (χ2n) is 7.33. The summed E-state index contributed by atoms with van der Waals surface area (Å²) in [6.07, 6.45) is 3.14. The van der Waals surface area contributed by atoms with Crippen LogP contribution in [0.25, 0.3) is 10.9 Å². The van der Waals surface area contributed by atoms with E-state index in [4.69, 9.17) is 0 Å². The molecule has 3 heterocycles. The van der Waals surface area contributed by atoms with Crippen molar-refractivity contribution in [1.29, 1.82) is 0 Å². The molecular weight excluding hydrogens is 358 g/mol. The predicted octanol–water partition coefficient (Wildman–Crippen LogP) is 2.67. The Bertz CT molecular complexity index is 885. The number of rotatable bonds is 2. The third-order valence-corrected chi connectivity index (χ3v) is 8.03. The molecule has 25 heavy (non-hydrogen) atoms. The van der Waals surface area contributed by atoms with Gasteiger partial charge in [0.25, 0.3) is 0 Å². The first-order valence-electron chi connectivity index (χ1n) is 8.70. The molecule has 2 aliphatic heterocycles. The normalized spacial score (nSPS) is 20.9. The van der Waals surface area contributed by atoms with Gasteiger partial charge in [0.2, 0.25) is 10.0 Å². The third-order valence-electron chi connectivity index (χ3n) is 6.01. The summed E-state index contributed by atoms with van der Waals surface area (Å²) in [7, 11) is -1.52. The number of aromatic nitrogens is 1. The van der Waals surface area contributed by atoms with E-state index in [2.05, 4.69) is 5.32 Å². The van der Waals surface area contributed by atoms with Crippen LogP contribution < -0.4 is 5.32 Å². The molecule has 0 atom stereocenters. The minimum absolute atomic E-state index is 0. The lowest BCUT2D eigenvalue weighted by Crippen LogP contribution is -2.39. The van der Waals surface area contributed by atoms with Crippen LogP contribution in [0.4, 0.5) is 0 Å². The molecule has 2 aliphatic rings. The van der Waals surface area contributed by atoms with Gasteiger partial charge in [-0.15, -0.1) is 12.4 Å². The van der Waals surface area contributed by atoms with Gasteiger partial charge in [-0.2, -0.15) is 4.31 Å². The summed E-state index contributed by atoms with van der Waals surface area (Å²) in [4.78, 5) is 0.492. The Hall–Kier alpha value is -1.08. The fourth-order valence-corrected chi connectivity index (χ4v) is 6.40. The standard InChI is InChI=1S/C18H25N3O2S.ClH/c1-14-17(15-5-3-4-6-16(15)20(14)2)24(22,23)21-12-9-18(13-21)7-10-19-11-8-18;/h3-6,19H,7-13H2,1-2H3;1H. The van der Waals surface area contributed by atoms with E-state index in [0.29, 0.717) is 18.0 Å². The average molecular weight is 384 g/mol. The molecular formula is C18H26ClN3O2S. The molecule has 0 aliphatic carbocycles. The van der Waals surface area contributed by atoms with Crippen LogP contribution in [-0.4, -0.2) is 43.5 Å². The van der Waals surface area contributed by atoms with Gasteiger partial charge in [0.1, 0.15) is 4.90 Å². The third kappa shape index (κ3) is 2.89. The largest absolute Gasteiger partial charge is 0.347 e. The Kier molecular flexibility index (Phi) is 4.92. The number of nitrogens with one attached hydrogen (secondary N) is 1. The molecule has 0 amide bonds. The molecule has 1 N–H and O–H groups in total. The zero-order valence-corrected chi connectivity index (χ0v) is 16.4. The van der Waals surface area contributed by atoms with Crippen LogP contribution in [0.3, 0.4) is 0 Å². The number of nitrogens with zero attached hydrogens (tertiary/aromatic N) is 2. The zero-order valence-electron chi connectivity index (χ0n) is 14.8. The number of benzene rings is 1. The molecule has 0 bridgehead atoms. The van der Waals surface area contributed by atoms with Crippen LogP contribution >= 0.6 is 12.4 Å². The average Bonchev–Trinajstić information content (AvgIpc) is 3.10. The number of hydrogen-bond donors (Lipinski definition) is 1. The monoisotopic (exact) mass is 383 g/mol. The molecule has 0 radical (unpaired) electrons. The number of hydrogen-bond acceptors (Lipinski definition) is 3. The van der Waals surface area contributed by atoms with Crippen LogP contribution in [0.5, 0.6) is 0 Å². The molecule has 2 fully saturated rings. The molecule has 1 spiro atoms. The van der Waals surface area contributed by atoms with Crippen LogP contribution in [-0.2, 0) is 17.1 Å². The van der Waals surface area contributed by atoms with Gasteiger partial charge in [0.05, 0.1) is 0 Å². The van der Waals surface area contributed by atoms with E-state index in [1.165, 1.54) is 0 Å². The van der Waals surface area contributed by atoms with Gasteiger partial charge >= 0.3 is 0 Å². The Balaban J connectivity index is 0.00000182. The van der Waals surface area contributed by atoms with E-state index >= 15 is 0 Å². The summed E-state index contributed by atoms with van der Waals surface area (Å²) in [6.45, 7) is 5.22. The topological polar surface area (TPSA) is 54.3 Å². The molecule has 0 unspecified atom stereocenters. The lowest BCUT2D eigenvalue weighted by Gasteiger charge is -2.33. The van der Waals surface area contributed by atoms with Crippen molar-refractivity contribution in [1.82, 2.24) is 14.2 Å². The van der Waals surface area contributed by atoms with E-state index in [9.17, 15) is 8.42 Å². The molecule has 138 valence electrons. The van der Waals surface area contributed by atoms with Gasteiger partial charge in [-0.1, -0.05) is 18.2 Å². The lowest BCUT2D eigenvalue weighted by molar-refractivity contribution is 0.218. The smallest absolute Gasteiger partial charge is 0.245 e. The number of piperidine rings is 1. The van der Waals surface area contributed by atoms with Crippen LogP contribution in [0.15, 0.2) is 29.2 Å². The van der Waals surface area contributed by atoms with Crippen LogP contribution in [0.2, 0.25) is 0 Å². The fraction of sp³-hybridized carbons (Fsp3) is 0.556. The van der Waals surface area contributed by atoms with E-state index in [1.54, 1.807) is 4.31 Å². The van der Waals surface area contributed by atoms with Crippen molar-refractivity contribution in [2.75, 3.05) is 26.2 Å². The molecule has 5 nitrogen and oxygen atoms in total. The summed E-state index contributed by atoms with van der Waals surface area (Å²) in [6, 6.07) is 7.78. The SMILES string of the molecule is Cc1c(S(=O)(=O)N2CCC3(CCNCC3)C2)c2ccccc2n1C.Cl. The number of fused-ring (bicyclic) bond motifs is 1. The van der Waals surface area contributed by atoms with E-state index in [1.807, 2.05) is 42.8 Å². The minimum Gasteiger partial charge on any atom is -0.347 e. The van der Waals surface area contributed by atoms with Crippen LogP contribution in [0.1, 0.15) is 25.0 Å². The summed E-state index contributed by atoms with van der Waals surface area (Å²) in [5.74, 6) is 0. The van der Waals surface area contributed by atoms with Crippen molar-refractivity contribution in [2.45, 2.75) is 31.1 Å². The Morgan fingerprint density at radius 3 is 2.52 bits per heavy atom. The molecule has 2 saturated heterocycles. The van der Waals surface area contributed by atoms with Gasteiger partial charge in [0.15, 0.2) is 0 Å². The summed E-state index contributed by atoms with van der Waals surface area (Å²) >= 11 is 0. The molecule has 1 aromatic heterocycles. The van der Waals surface area contributed by atoms with E-state index in [0.717, 1.165) is 48.9 Å². The minimum atomic E-state index is -3.46. The van der Waals surface area contributed by atoms with E-state index < -0.39 is 10.0 Å². The maximum Gasteiger partial charge on any atom is 0.245 e. The molecule has 4 rings (SSSR count). The van der Waals surface area contributed by atoms with E-state index in [-0.39, 0.29) is 17.8 Å². The quantitative estimate of drug-likeness (QED) is 0.867. The van der Waals surface area contributed by atoms with Crippen molar-refractivity contribution in [3.8, 4) is 0 Å². The number of halogens is 1. The number of sulfonamides is 1. The highest BCUT2D eigenvalue weighted by Gasteiger charge is 2.44. The molecule has 7 heteroatoms. The second-order valence-corrected chi connectivity index (χ2v) is 9.20. The first-order chi connectivity index (χ1) is 11.4. The zero-order chi connectivity index (χ0) is 16.9. The highest BCUT2D eigenvalue weighted by molar-refractivity contribution is 7.89. The first-order valence-corrected chi connectivity index (χ1v) is 10.1. The maximum atomic E-state index is 13.4. The molecule has 2 aromatic rings. The van der Waals surface area contributed by atoms with Crippen molar-refractivity contribution in [2.24, 2.45) is 12.5 Å². The molecule has 1 aromatic carbocycles. The Morgan fingerprint density at radius 2 is 1.80 bits per heavy atom. The van der Waals surface area contributed by atoms with Crippen molar-refractivity contribution >= 4 is 33.3 Å². The fourth-order valence-electron chi connectivity index (χ4n) is 4.41. The Labute approximate surface area is 155 Å². The van der Waals surface area contributed by atoms with Crippen LogP contribution in [0, 0.1) is 12.3 Å². The second kappa shape index (κ2) is 6.58. The van der Waals surface area contributed by atoms with Crippen molar-refractivity contribution in [3.63, 3.8) is 0 Å². The van der Waals surface area contributed by atoms with Gasteiger partial charge in [-0.3, -0.25) is 0 Å². The highest BCUT2D eigenvalue weighted by atomic mass is 35.5. The number of aryl methyl sites for hydroxylation is 1. The predicted molar refractivity (Wildman–Crippen MR) is 103 cm³/mol. The lowest BCUT2D eigenvalue weighted by atomic mass is 9.78. The number of para-hydroxylation sites is 1. The summed E-state index contributed by atoms with van der Waals surface area (Å²) in [5.41, 5.74) is 1.98. The van der Waals surface area contributed by atoms with Gasteiger partial charge in [0, 0.05) is 36.7 Å². The van der Waals surface area contributed by atoms with Gasteiger partial charge in [-0.05, 0) is 50.8 Å². The van der Waals surface area contributed by atoms with Gasteiger partial charge < -0.3 is 9.88 Å². The molecule has 0 saturated carbocycles. The highest BCUT2D eigenvalue weighted by Crippen LogP contribution is 2.42. The first kappa shape index (κ1) is 18.7. The maximum absolute atomic E-state index is 13.4. The Morgan fingerprint density at radius 1 is 1.12 bits per heavy atom. The summed E-state index contributed by atoms with van der Waals surface area (Å²) < 4.78 is 30.5. The van der Waals surface area contributed by atoms with Gasteiger partial charge in [-0.25, -0.2) is 8.42 Å². The summed E-state index contributed by atoms with van der Waals surface area (Å²) in [5, 5.41) is 4.22. The van der Waals surface area contributed by atoms with Crippen molar-refractivity contribution < 1.29 is 8.42 Å².